The van der Waals surface area contributed by atoms with E-state index in [4.69, 9.17) is 32.5 Å². The molecule has 0 saturated carbocycles. The standard InChI is InChI=1S/C20H29ClN4O3/c1-15(22)3-5-18(23)20(26)24-14-16-4-6-19(17(21)13-16)28-10-2-7-25-8-11-27-12-9-25/h3-6,13H,2,7-12,14,22-23H2,1H3,(H,24,26)/b15-3-,18-5-. The van der Waals surface area contributed by atoms with Crippen molar-refractivity contribution < 1.29 is 14.3 Å². The highest BCUT2D eigenvalue weighted by Crippen LogP contribution is 2.25. The number of halogens is 1. The summed E-state index contributed by atoms with van der Waals surface area (Å²) in [6, 6.07) is 5.47. The summed E-state index contributed by atoms with van der Waals surface area (Å²) < 4.78 is 11.1. The number of amides is 1. The molecular formula is C20H29ClN4O3. The molecule has 0 spiro atoms. The van der Waals surface area contributed by atoms with Crippen molar-refractivity contribution >= 4 is 17.5 Å². The SMILES string of the molecule is C/C(N)=C/C=C(\N)C(=O)NCc1ccc(OCCCN2CCOCC2)c(Cl)c1. The summed E-state index contributed by atoms with van der Waals surface area (Å²) in [6.45, 7) is 7.17. The molecule has 28 heavy (non-hydrogen) atoms. The van der Waals surface area contributed by atoms with E-state index in [1.807, 2.05) is 12.1 Å². The molecule has 154 valence electrons. The predicted octanol–water partition coefficient (Wildman–Crippen LogP) is 1.76. The third kappa shape index (κ3) is 7.80. The molecule has 0 radical (unpaired) electrons. The molecule has 5 N–H and O–H groups in total. The van der Waals surface area contributed by atoms with Crippen LogP contribution < -0.4 is 21.5 Å². The van der Waals surface area contributed by atoms with Crippen LogP contribution in [0.1, 0.15) is 18.9 Å². The minimum Gasteiger partial charge on any atom is -0.492 e. The van der Waals surface area contributed by atoms with Crippen LogP contribution in [-0.4, -0.2) is 50.3 Å². The first-order chi connectivity index (χ1) is 13.5. The van der Waals surface area contributed by atoms with E-state index in [1.54, 1.807) is 19.1 Å². The van der Waals surface area contributed by atoms with Gasteiger partial charge in [-0.3, -0.25) is 9.69 Å². The Morgan fingerprint density at radius 3 is 2.75 bits per heavy atom. The zero-order chi connectivity index (χ0) is 20.4. The second-order valence-electron chi connectivity index (χ2n) is 6.64. The van der Waals surface area contributed by atoms with Crippen LogP contribution in [0.15, 0.2) is 41.7 Å². The average molecular weight is 409 g/mol. The van der Waals surface area contributed by atoms with Crippen molar-refractivity contribution in [1.29, 1.82) is 0 Å². The first-order valence-electron chi connectivity index (χ1n) is 9.35. The molecule has 8 heteroatoms. The molecule has 1 amide bonds. The van der Waals surface area contributed by atoms with Crippen molar-refractivity contribution in [2.75, 3.05) is 39.5 Å². The lowest BCUT2D eigenvalue weighted by atomic mass is 10.2. The van der Waals surface area contributed by atoms with Gasteiger partial charge in [-0.1, -0.05) is 17.7 Å². The number of carbonyl (C=O) groups is 1. The van der Waals surface area contributed by atoms with Crippen LogP contribution in [0.5, 0.6) is 5.75 Å². The molecule has 2 rings (SSSR count). The Hall–Kier alpha value is -2.22. The van der Waals surface area contributed by atoms with E-state index >= 15 is 0 Å². The van der Waals surface area contributed by atoms with Crippen molar-refractivity contribution in [2.45, 2.75) is 19.9 Å². The Morgan fingerprint density at radius 2 is 2.07 bits per heavy atom. The van der Waals surface area contributed by atoms with Gasteiger partial charge in [0.1, 0.15) is 5.75 Å². The van der Waals surface area contributed by atoms with Gasteiger partial charge in [0.2, 0.25) is 0 Å². The van der Waals surface area contributed by atoms with E-state index in [9.17, 15) is 4.79 Å². The van der Waals surface area contributed by atoms with Crippen LogP contribution in [0, 0.1) is 0 Å². The van der Waals surface area contributed by atoms with E-state index in [-0.39, 0.29) is 11.6 Å². The molecule has 0 bridgehead atoms. The van der Waals surface area contributed by atoms with Gasteiger partial charge < -0.3 is 26.3 Å². The van der Waals surface area contributed by atoms with E-state index in [1.165, 1.54) is 6.08 Å². The van der Waals surface area contributed by atoms with Crippen molar-refractivity contribution in [2.24, 2.45) is 11.5 Å². The summed E-state index contributed by atoms with van der Waals surface area (Å²) in [5.74, 6) is 0.277. The Balaban J connectivity index is 1.75. The number of nitrogens with two attached hydrogens (primary N) is 2. The van der Waals surface area contributed by atoms with Crippen molar-refractivity contribution in [3.63, 3.8) is 0 Å². The molecule has 1 aliphatic heterocycles. The van der Waals surface area contributed by atoms with Crippen LogP contribution in [0.25, 0.3) is 0 Å². The zero-order valence-electron chi connectivity index (χ0n) is 16.2. The Bertz CT molecular complexity index is 711. The number of nitrogens with zero attached hydrogens (tertiary/aromatic N) is 1. The summed E-state index contributed by atoms with van der Waals surface area (Å²) in [5, 5.41) is 3.26. The number of hydrogen-bond acceptors (Lipinski definition) is 6. The molecule has 1 aromatic carbocycles. The number of rotatable bonds is 9. The lowest BCUT2D eigenvalue weighted by molar-refractivity contribution is -0.117. The molecule has 1 aromatic rings. The summed E-state index contributed by atoms with van der Waals surface area (Å²) in [7, 11) is 0. The fourth-order valence-electron chi connectivity index (χ4n) is 2.65. The smallest absolute Gasteiger partial charge is 0.267 e. The lowest BCUT2D eigenvalue weighted by Crippen LogP contribution is -2.37. The van der Waals surface area contributed by atoms with Crippen LogP contribution in [0.2, 0.25) is 5.02 Å². The molecule has 1 fully saturated rings. The van der Waals surface area contributed by atoms with E-state index in [0.717, 1.165) is 44.8 Å². The molecule has 0 atom stereocenters. The number of nitrogens with one attached hydrogen (secondary N) is 1. The molecule has 0 aromatic heterocycles. The van der Waals surface area contributed by atoms with E-state index < -0.39 is 0 Å². The molecule has 7 nitrogen and oxygen atoms in total. The topological polar surface area (TPSA) is 103 Å². The molecular weight excluding hydrogens is 380 g/mol. The average Bonchev–Trinajstić information content (AvgIpc) is 2.69. The maximum absolute atomic E-state index is 11.9. The number of hydrogen-bond donors (Lipinski definition) is 3. The van der Waals surface area contributed by atoms with Crippen molar-refractivity contribution in [3.05, 3.63) is 52.3 Å². The Labute approximate surface area is 171 Å². The van der Waals surface area contributed by atoms with Gasteiger partial charge in [0.15, 0.2) is 0 Å². The minimum absolute atomic E-state index is 0.0936. The highest BCUT2D eigenvalue weighted by molar-refractivity contribution is 6.32. The van der Waals surface area contributed by atoms with Gasteiger partial charge in [0.25, 0.3) is 5.91 Å². The van der Waals surface area contributed by atoms with Crippen molar-refractivity contribution in [3.8, 4) is 5.75 Å². The van der Waals surface area contributed by atoms with Gasteiger partial charge >= 0.3 is 0 Å². The van der Waals surface area contributed by atoms with Crippen LogP contribution in [0.3, 0.4) is 0 Å². The largest absolute Gasteiger partial charge is 0.492 e. The summed E-state index contributed by atoms with van der Waals surface area (Å²) in [4.78, 5) is 14.3. The van der Waals surface area contributed by atoms with Gasteiger partial charge in [-0.25, -0.2) is 0 Å². The predicted molar refractivity (Wildman–Crippen MR) is 111 cm³/mol. The Kier molecular flexibility index (Phi) is 9.13. The normalized spacial score (nSPS) is 16.1. The van der Waals surface area contributed by atoms with Crippen LogP contribution >= 0.6 is 11.6 Å². The van der Waals surface area contributed by atoms with E-state index in [0.29, 0.717) is 29.6 Å². The molecule has 1 aliphatic rings. The van der Waals surface area contributed by atoms with Crippen molar-refractivity contribution in [1.82, 2.24) is 10.2 Å². The minimum atomic E-state index is -0.364. The molecule has 0 unspecified atom stereocenters. The number of ether oxygens (including phenoxy) is 2. The summed E-state index contributed by atoms with van der Waals surface area (Å²) >= 11 is 6.30. The van der Waals surface area contributed by atoms with Crippen LogP contribution in [-0.2, 0) is 16.1 Å². The third-order valence-electron chi connectivity index (χ3n) is 4.22. The van der Waals surface area contributed by atoms with Gasteiger partial charge in [0, 0.05) is 31.9 Å². The van der Waals surface area contributed by atoms with Gasteiger partial charge in [-0.2, -0.15) is 0 Å². The molecule has 0 aliphatic carbocycles. The second-order valence-corrected chi connectivity index (χ2v) is 7.04. The number of benzene rings is 1. The zero-order valence-corrected chi connectivity index (χ0v) is 17.0. The van der Waals surface area contributed by atoms with Gasteiger partial charge in [0.05, 0.1) is 30.5 Å². The second kappa shape index (κ2) is 11.6. The third-order valence-corrected chi connectivity index (χ3v) is 4.51. The lowest BCUT2D eigenvalue weighted by Gasteiger charge is -2.26. The fourth-order valence-corrected chi connectivity index (χ4v) is 2.91. The quantitative estimate of drug-likeness (QED) is 0.327. The van der Waals surface area contributed by atoms with Gasteiger partial charge in [-0.15, -0.1) is 0 Å². The highest BCUT2D eigenvalue weighted by atomic mass is 35.5. The van der Waals surface area contributed by atoms with Gasteiger partial charge in [-0.05, 0) is 43.2 Å². The van der Waals surface area contributed by atoms with Crippen LogP contribution in [0.4, 0.5) is 0 Å². The first-order valence-corrected chi connectivity index (χ1v) is 9.72. The number of carbonyl (C=O) groups excluding carboxylic acids is 1. The maximum Gasteiger partial charge on any atom is 0.267 e. The molecule has 1 saturated heterocycles. The Morgan fingerprint density at radius 1 is 1.32 bits per heavy atom. The summed E-state index contributed by atoms with van der Waals surface area (Å²) in [6.07, 6.45) is 3.99. The fraction of sp³-hybridized carbons (Fsp3) is 0.450. The first kappa shape index (κ1) is 22.1. The number of allylic oxidation sites excluding steroid dienone is 3. The molecule has 1 heterocycles. The summed E-state index contributed by atoms with van der Waals surface area (Å²) in [5.41, 5.74) is 12.7. The maximum atomic E-state index is 11.9. The monoisotopic (exact) mass is 408 g/mol. The highest BCUT2D eigenvalue weighted by Gasteiger charge is 2.10. The number of morpholine rings is 1. The van der Waals surface area contributed by atoms with E-state index in [2.05, 4.69) is 10.2 Å².